The van der Waals surface area contributed by atoms with Crippen LogP contribution in [0.15, 0.2) is 18.2 Å². The standard InChI is InChI=1S/C18H11Cl18O/c1-6(2)10(37)8-4-3-7(11(19,20)13(23,24)15(27,28)17(31,32)33)5-9(8)12(21,22)14(25,26)16(29,30)18(34,35)36/h3-6,10H,1-2H3. The first kappa shape index (κ1) is 39.4. The first-order chi connectivity index (χ1) is 15.9. The second kappa shape index (κ2) is 12.7. The van der Waals surface area contributed by atoms with Gasteiger partial charge in [-0.1, -0.05) is 235 Å². The third-order valence-electron chi connectivity index (χ3n) is 4.96. The molecule has 0 heterocycles. The SMILES string of the molecule is CC(C)C([O])c1ccc(C(Cl)(Cl)C(Cl)(Cl)C(Cl)(Cl)C(Cl)(Cl)Cl)cc1C(Cl)(Cl)C(Cl)(Cl)C(Cl)(Cl)C(Cl)(Cl)Cl. The third-order valence-corrected chi connectivity index (χ3v) is 15.9. The lowest BCUT2D eigenvalue weighted by atomic mass is 9.89. The second-order valence-corrected chi connectivity index (χ2v) is 20.4. The molecule has 37 heavy (non-hydrogen) atoms. The van der Waals surface area contributed by atoms with Crippen LogP contribution < -0.4 is 0 Å². The molecule has 0 amide bonds. The summed E-state index contributed by atoms with van der Waals surface area (Å²) >= 11 is 112. The number of halogens is 18. The Morgan fingerprint density at radius 3 is 1.22 bits per heavy atom. The zero-order valence-corrected chi connectivity index (χ0v) is 31.2. The van der Waals surface area contributed by atoms with Gasteiger partial charge in [-0.05, 0) is 28.7 Å². The van der Waals surface area contributed by atoms with E-state index in [1.165, 1.54) is 12.1 Å². The number of rotatable bonds is 8. The van der Waals surface area contributed by atoms with Gasteiger partial charge in [0.25, 0.3) is 0 Å². The minimum atomic E-state index is -2.73. The average molecular weight is 881 g/mol. The Bertz CT molecular complexity index is 972. The highest BCUT2D eigenvalue weighted by Crippen LogP contribution is 2.68. The molecule has 1 unspecified atom stereocenters. The Kier molecular flexibility index (Phi) is 13.5. The molecule has 0 aliphatic carbocycles. The Labute approximate surface area is 304 Å². The van der Waals surface area contributed by atoms with Gasteiger partial charge >= 0.3 is 0 Å². The summed E-state index contributed by atoms with van der Waals surface area (Å²) in [6.45, 7) is 3.24. The predicted molar refractivity (Wildman–Crippen MR) is 170 cm³/mol. The van der Waals surface area contributed by atoms with Gasteiger partial charge in [0.1, 0.15) is 6.10 Å². The number of hydrogen-bond acceptors (Lipinski definition) is 0. The van der Waals surface area contributed by atoms with E-state index in [2.05, 4.69) is 0 Å². The molecule has 0 saturated heterocycles. The van der Waals surface area contributed by atoms with Crippen LogP contribution in [0.5, 0.6) is 0 Å². The maximum absolute atomic E-state index is 13.2. The van der Waals surface area contributed by atoms with Crippen LogP contribution in [0, 0.1) is 5.92 Å². The highest BCUT2D eigenvalue weighted by atomic mass is 35.6. The molecule has 0 aromatic heterocycles. The van der Waals surface area contributed by atoms with Crippen LogP contribution in [0.4, 0.5) is 0 Å². The fourth-order valence-electron chi connectivity index (χ4n) is 2.73. The van der Waals surface area contributed by atoms with E-state index in [9.17, 15) is 5.11 Å². The van der Waals surface area contributed by atoms with Crippen molar-refractivity contribution in [2.45, 2.75) is 53.5 Å². The number of hydrogen-bond donors (Lipinski definition) is 0. The molecule has 1 aromatic carbocycles. The topological polar surface area (TPSA) is 19.9 Å². The Balaban J connectivity index is 4.07. The summed E-state index contributed by atoms with van der Waals surface area (Å²) in [7, 11) is 0. The van der Waals surface area contributed by atoms with Crippen LogP contribution in [-0.4, -0.2) is 24.9 Å². The molecule has 0 aliphatic rings. The molecule has 215 valence electrons. The Morgan fingerprint density at radius 2 is 0.892 bits per heavy atom. The normalized spacial score (nSPS) is 16.4. The van der Waals surface area contributed by atoms with Crippen LogP contribution in [0.2, 0.25) is 0 Å². The van der Waals surface area contributed by atoms with Crippen LogP contribution >= 0.6 is 209 Å². The van der Waals surface area contributed by atoms with Crippen molar-refractivity contribution in [3.8, 4) is 0 Å². The molecule has 1 atom stereocenters. The highest BCUT2D eigenvalue weighted by molar-refractivity contribution is 6.81. The van der Waals surface area contributed by atoms with Gasteiger partial charge in [0, 0.05) is 0 Å². The maximum Gasteiger partial charge on any atom is 0.226 e. The molecule has 0 N–H and O–H groups in total. The molecule has 0 fully saturated rings. The van der Waals surface area contributed by atoms with Crippen LogP contribution in [-0.2, 0) is 13.8 Å². The zero-order valence-electron chi connectivity index (χ0n) is 17.6. The van der Waals surface area contributed by atoms with E-state index >= 15 is 0 Å². The van der Waals surface area contributed by atoms with Gasteiger partial charge in [0.05, 0.1) is 0 Å². The monoisotopic (exact) mass is 873 g/mol. The molecule has 0 aliphatic heterocycles. The fourth-order valence-corrected chi connectivity index (χ4v) is 7.23. The van der Waals surface area contributed by atoms with Crippen molar-refractivity contribution in [3.63, 3.8) is 0 Å². The summed E-state index contributed by atoms with van der Waals surface area (Å²) in [6, 6.07) is 3.56. The molecule has 1 rings (SSSR count). The maximum atomic E-state index is 13.2. The lowest BCUT2D eigenvalue weighted by molar-refractivity contribution is 0.0477. The van der Waals surface area contributed by atoms with E-state index in [1.807, 2.05) is 0 Å². The van der Waals surface area contributed by atoms with Gasteiger partial charge in [-0.2, -0.15) is 0 Å². The van der Waals surface area contributed by atoms with Gasteiger partial charge in [-0.3, -0.25) is 0 Å². The van der Waals surface area contributed by atoms with Crippen LogP contribution in [0.25, 0.3) is 0 Å². The quantitative estimate of drug-likeness (QED) is 0.232. The van der Waals surface area contributed by atoms with E-state index in [0.717, 1.165) is 6.07 Å². The first-order valence-electron chi connectivity index (χ1n) is 9.15. The van der Waals surface area contributed by atoms with Crippen molar-refractivity contribution in [3.05, 3.63) is 34.9 Å². The van der Waals surface area contributed by atoms with Crippen LogP contribution in [0.3, 0.4) is 0 Å². The van der Waals surface area contributed by atoms with E-state index in [0.29, 0.717) is 0 Å². The Hall–Kier alpha value is 4.40. The number of benzene rings is 1. The van der Waals surface area contributed by atoms with Crippen molar-refractivity contribution in [2.24, 2.45) is 5.92 Å². The van der Waals surface area contributed by atoms with Crippen molar-refractivity contribution in [1.82, 2.24) is 0 Å². The van der Waals surface area contributed by atoms with Crippen molar-refractivity contribution in [1.29, 1.82) is 0 Å². The minimum absolute atomic E-state index is 0.0499. The van der Waals surface area contributed by atoms with Gasteiger partial charge < -0.3 is 0 Å². The molecule has 1 nitrogen and oxygen atoms in total. The minimum Gasteiger partial charge on any atom is -0.228 e. The van der Waals surface area contributed by atoms with Gasteiger partial charge in [0.2, 0.25) is 16.3 Å². The summed E-state index contributed by atoms with van der Waals surface area (Å²) in [5, 5.41) is 13.2. The van der Waals surface area contributed by atoms with E-state index < -0.39 is 45.6 Å². The molecule has 0 saturated carbocycles. The zero-order chi connectivity index (χ0) is 30.0. The third kappa shape index (κ3) is 7.13. The first-order valence-corrected chi connectivity index (χ1v) is 16.0. The second-order valence-electron chi connectivity index (χ2n) is 7.91. The largest absolute Gasteiger partial charge is 0.228 e. The van der Waals surface area contributed by atoms with E-state index in [-0.39, 0.29) is 16.7 Å². The van der Waals surface area contributed by atoms with E-state index in [4.69, 9.17) is 209 Å². The van der Waals surface area contributed by atoms with Crippen molar-refractivity contribution < 1.29 is 5.11 Å². The Morgan fingerprint density at radius 1 is 0.541 bits per heavy atom. The molecular weight excluding hydrogens is 870 g/mol. The summed E-state index contributed by atoms with van der Waals surface area (Å²) in [6.07, 6.45) is -1.48. The van der Waals surface area contributed by atoms with Crippen molar-refractivity contribution >= 4 is 209 Å². The average Bonchev–Trinajstić information content (AvgIpc) is 2.70. The molecule has 19 heteroatoms. The summed E-state index contributed by atoms with van der Waals surface area (Å²) in [5.74, 6) is -0.515. The summed E-state index contributed by atoms with van der Waals surface area (Å²) < 4.78 is -20.9. The fraction of sp³-hybridized carbons (Fsp3) is 0.667. The van der Waals surface area contributed by atoms with Gasteiger partial charge in [-0.15, -0.1) is 0 Å². The lowest BCUT2D eigenvalue weighted by Gasteiger charge is -2.46. The van der Waals surface area contributed by atoms with Gasteiger partial charge in [0.15, 0.2) is 17.3 Å². The van der Waals surface area contributed by atoms with Crippen molar-refractivity contribution in [2.75, 3.05) is 0 Å². The van der Waals surface area contributed by atoms with Gasteiger partial charge in [-0.25, -0.2) is 5.11 Å². The van der Waals surface area contributed by atoms with Crippen LogP contribution in [0.1, 0.15) is 36.6 Å². The summed E-state index contributed by atoms with van der Waals surface area (Å²) in [5.41, 5.74) is -0.578. The smallest absolute Gasteiger partial charge is 0.226 e. The molecular formula is C18H11Cl18O. The molecule has 1 aromatic rings. The summed E-state index contributed by atoms with van der Waals surface area (Å²) in [4.78, 5) is 0. The highest BCUT2D eigenvalue weighted by Gasteiger charge is 2.70. The molecule has 0 bridgehead atoms. The van der Waals surface area contributed by atoms with E-state index in [1.54, 1.807) is 13.8 Å². The molecule has 1 radical (unpaired) electrons. The predicted octanol–water partition coefficient (Wildman–Crippen LogP) is 13.5. The molecule has 0 spiro atoms. The number of alkyl halides is 18. The lowest BCUT2D eigenvalue weighted by Crippen LogP contribution is -2.55.